The van der Waals surface area contributed by atoms with Crippen molar-refractivity contribution in [2.45, 2.75) is 31.2 Å². The van der Waals surface area contributed by atoms with Gasteiger partial charge in [-0.3, -0.25) is 4.79 Å². The molecule has 2 aromatic rings. The molecule has 0 atom stereocenters. The standard InChI is InChI=1S/C21H28N4O3S2.HI/c1-3-22-21(23-11-8-16-4-6-18(7-5-16)30(2,27)28)24-14-20(26)25-12-9-19-17(15-25)10-13-29-19;/h4-7,10,13H,3,8-9,11-12,14-15H2,1-2H3,(H2,22,23,24);1H. The van der Waals surface area contributed by atoms with Crippen LogP contribution in [0, 0.1) is 0 Å². The molecule has 0 saturated heterocycles. The molecule has 31 heavy (non-hydrogen) atoms. The highest BCUT2D eigenvalue weighted by atomic mass is 127. The number of benzene rings is 1. The first-order chi connectivity index (χ1) is 14.4. The molecule has 1 aliphatic heterocycles. The molecular formula is C21H29IN4O3S2. The van der Waals surface area contributed by atoms with Gasteiger partial charge in [-0.25, -0.2) is 13.4 Å². The van der Waals surface area contributed by atoms with E-state index in [-0.39, 0.29) is 36.4 Å². The van der Waals surface area contributed by atoms with E-state index < -0.39 is 9.84 Å². The number of rotatable bonds is 7. The highest BCUT2D eigenvalue weighted by Crippen LogP contribution is 2.23. The number of carbonyl (C=O) groups is 1. The quantitative estimate of drug-likeness (QED) is 0.300. The molecule has 2 heterocycles. The first kappa shape index (κ1) is 25.6. The molecule has 0 aliphatic carbocycles. The van der Waals surface area contributed by atoms with Gasteiger partial charge in [0, 0.05) is 37.3 Å². The topological polar surface area (TPSA) is 90.9 Å². The summed E-state index contributed by atoms with van der Waals surface area (Å²) in [5.41, 5.74) is 2.28. The second-order valence-electron chi connectivity index (χ2n) is 7.22. The normalized spacial score (nSPS) is 13.9. The van der Waals surface area contributed by atoms with Crippen LogP contribution >= 0.6 is 35.3 Å². The van der Waals surface area contributed by atoms with Crippen LogP contribution in [0.4, 0.5) is 0 Å². The van der Waals surface area contributed by atoms with Gasteiger partial charge in [-0.05, 0) is 54.5 Å². The second-order valence-corrected chi connectivity index (χ2v) is 10.2. The number of aliphatic imine (C=N–C) groups is 1. The molecule has 2 N–H and O–H groups in total. The fourth-order valence-corrected chi connectivity index (χ4v) is 4.80. The largest absolute Gasteiger partial charge is 0.357 e. The number of guanidine groups is 1. The average molecular weight is 577 g/mol. The molecular weight excluding hydrogens is 547 g/mol. The lowest BCUT2D eigenvalue weighted by molar-refractivity contribution is -0.130. The van der Waals surface area contributed by atoms with Crippen molar-refractivity contribution < 1.29 is 13.2 Å². The Morgan fingerprint density at radius 2 is 1.94 bits per heavy atom. The summed E-state index contributed by atoms with van der Waals surface area (Å²) in [6.45, 7) is 4.82. The maximum absolute atomic E-state index is 12.6. The van der Waals surface area contributed by atoms with E-state index in [4.69, 9.17) is 0 Å². The molecule has 10 heteroatoms. The van der Waals surface area contributed by atoms with Gasteiger partial charge in [0.2, 0.25) is 5.91 Å². The fourth-order valence-electron chi connectivity index (χ4n) is 3.28. The maximum Gasteiger partial charge on any atom is 0.244 e. The molecule has 7 nitrogen and oxygen atoms in total. The van der Waals surface area contributed by atoms with Crippen molar-refractivity contribution in [2.24, 2.45) is 4.99 Å². The molecule has 170 valence electrons. The van der Waals surface area contributed by atoms with Crippen LogP contribution in [-0.2, 0) is 34.0 Å². The predicted octanol–water partition coefficient (Wildman–Crippen LogP) is 2.45. The summed E-state index contributed by atoms with van der Waals surface area (Å²) in [4.78, 5) is 20.6. The van der Waals surface area contributed by atoms with Gasteiger partial charge in [0.25, 0.3) is 0 Å². The monoisotopic (exact) mass is 576 g/mol. The van der Waals surface area contributed by atoms with Gasteiger partial charge < -0.3 is 15.5 Å². The summed E-state index contributed by atoms with van der Waals surface area (Å²) >= 11 is 1.76. The Labute approximate surface area is 205 Å². The van der Waals surface area contributed by atoms with Gasteiger partial charge in [-0.1, -0.05) is 12.1 Å². The number of thiophene rings is 1. The number of hydrogen-bond acceptors (Lipinski definition) is 5. The lowest BCUT2D eigenvalue weighted by atomic mass is 10.1. The van der Waals surface area contributed by atoms with E-state index in [1.54, 1.807) is 23.5 Å². The van der Waals surface area contributed by atoms with Crippen molar-refractivity contribution in [1.82, 2.24) is 15.5 Å². The summed E-state index contributed by atoms with van der Waals surface area (Å²) in [7, 11) is -3.18. The number of halogens is 1. The number of nitrogens with one attached hydrogen (secondary N) is 2. The van der Waals surface area contributed by atoms with Crippen molar-refractivity contribution in [3.8, 4) is 0 Å². The van der Waals surface area contributed by atoms with E-state index in [0.29, 0.717) is 30.5 Å². The van der Waals surface area contributed by atoms with Crippen molar-refractivity contribution in [3.05, 3.63) is 51.7 Å². The number of fused-ring (bicyclic) bond motifs is 1. The molecule has 0 spiro atoms. The molecule has 1 aromatic carbocycles. The molecule has 1 amide bonds. The van der Waals surface area contributed by atoms with Crippen molar-refractivity contribution >= 4 is 57.0 Å². The maximum atomic E-state index is 12.6. The summed E-state index contributed by atoms with van der Waals surface area (Å²) in [6, 6.07) is 8.98. The Balaban J connectivity index is 0.00000341. The Kier molecular flexibility index (Phi) is 9.76. The molecule has 0 unspecified atom stereocenters. The van der Waals surface area contributed by atoms with Crippen LogP contribution in [0.5, 0.6) is 0 Å². The first-order valence-corrected chi connectivity index (χ1v) is 12.8. The Morgan fingerprint density at radius 3 is 2.61 bits per heavy atom. The van der Waals surface area contributed by atoms with E-state index in [0.717, 1.165) is 24.9 Å². The lowest BCUT2D eigenvalue weighted by Gasteiger charge is -2.26. The highest BCUT2D eigenvalue weighted by molar-refractivity contribution is 14.0. The van der Waals surface area contributed by atoms with Crippen LogP contribution in [0.15, 0.2) is 45.6 Å². The van der Waals surface area contributed by atoms with Gasteiger partial charge in [0.05, 0.1) is 4.90 Å². The third-order valence-corrected chi connectivity index (χ3v) is 7.09. The highest BCUT2D eigenvalue weighted by Gasteiger charge is 2.21. The zero-order valence-corrected chi connectivity index (χ0v) is 21.7. The Morgan fingerprint density at radius 1 is 1.19 bits per heavy atom. The van der Waals surface area contributed by atoms with Crippen molar-refractivity contribution in [3.63, 3.8) is 0 Å². The van der Waals surface area contributed by atoms with Gasteiger partial charge in [-0.2, -0.15) is 0 Å². The molecule has 1 aliphatic rings. The van der Waals surface area contributed by atoms with Gasteiger partial charge in [0.15, 0.2) is 15.8 Å². The van der Waals surface area contributed by atoms with E-state index >= 15 is 0 Å². The van der Waals surface area contributed by atoms with Crippen LogP contribution in [0.3, 0.4) is 0 Å². The minimum Gasteiger partial charge on any atom is -0.357 e. The van der Waals surface area contributed by atoms with Gasteiger partial charge in [-0.15, -0.1) is 35.3 Å². The molecule has 0 fully saturated rings. The van der Waals surface area contributed by atoms with E-state index in [9.17, 15) is 13.2 Å². The van der Waals surface area contributed by atoms with Crippen LogP contribution in [0.25, 0.3) is 0 Å². The first-order valence-electron chi connectivity index (χ1n) is 10.0. The number of nitrogens with zero attached hydrogens (tertiary/aromatic N) is 2. The third-order valence-electron chi connectivity index (χ3n) is 4.93. The predicted molar refractivity (Wildman–Crippen MR) is 136 cm³/mol. The zero-order chi connectivity index (χ0) is 21.6. The second kappa shape index (κ2) is 11.8. The summed E-state index contributed by atoms with van der Waals surface area (Å²) in [5.74, 6) is 0.632. The zero-order valence-electron chi connectivity index (χ0n) is 17.8. The number of sulfone groups is 1. The van der Waals surface area contributed by atoms with E-state index in [1.165, 1.54) is 16.7 Å². The molecule has 0 radical (unpaired) electrons. The average Bonchev–Trinajstić information content (AvgIpc) is 3.19. The fraction of sp³-hybridized carbons (Fsp3) is 0.429. The van der Waals surface area contributed by atoms with E-state index in [2.05, 4.69) is 27.1 Å². The molecule has 3 rings (SSSR count). The van der Waals surface area contributed by atoms with Crippen LogP contribution in [-0.4, -0.2) is 57.6 Å². The summed E-state index contributed by atoms with van der Waals surface area (Å²) in [6.07, 6.45) is 2.83. The summed E-state index contributed by atoms with van der Waals surface area (Å²) in [5, 5.41) is 8.48. The van der Waals surface area contributed by atoms with Crippen LogP contribution < -0.4 is 10.6 Å². The Hall–Kier alpha value is -1.66. The van der Waals surface area contributed by atoms with Crippen LogP contribution in [0.2, 0.25) is 0 Å². The smallest absolute Gasteiger partial charge is 0.244 e. The molecule has 0 bridgehead atoms. The number of amides is 1. The SMILES string of the molecule is CCNC(=NCC(=O)N1CCc2sccc2C1)NCCc1ccc(S(C)(=O)=O)cc1.I. The van der Waals surface area contributed by atoms with Gasteiger partial charge in [0.1, 0.15) is 6.54 Å². The van der Waals surface area contributed by atoms with Gasteiger partial charge >= 0.3 is 0 Å². The number of carbonyl (C=O) groups excluding carboxylic acids is 1. The van der Waals surface area contributed by atoms with Crippen molar-refractivity contribution in [2.75, 3.05) is 32.4 Å². The minimum absolute atomic E-state index is 0. The lowest BCUT2D eigenvalue weighted by Crippen LogP contribution is -2.40. The minimum atomic E-state index is -3.18. The van der Waals surface area contributed by atoms with Crippen molar-refractivity contribution in [1.29, 1.82) is 0 Å². The Bertz CT molecular complexity index is 1000. The number of hydrogen-bond donors (Lipinski definition) is 2. The molecule has 1 aromatic heterocycles. The summed E-state index contributed by atoms with van der Waals surface area (Å²) < 4.78 is 23.1. The van der Waals surface area contributed by atoms with E-state index in [1.807, 2.05) is 24.0 Å². The third kappa shape index (κ3) is 7.46. The molecule has 0 saturated carbocycles. The van der Waals surface area contributed by atoms with Crippen LogP contribution in [0.1, 0.15) is 22.9 Å².